The van der Waals surface area contributed by atoms with Crippen LogP contribution >= 0.6 is 0 Å². The highest BCUT2D eigenvalue weighted by Crippen LogP contribution is 2.37. The average molecular weight is 243 g/mol. The first kappa shape index (κ1) is 14.9. The zero-order valence-electron chi connectivity index (χ0n) is 11.5. The summed E-state index contributed by atoms with van der Waals surface area (Å²) in [7, 11) is 0. The van der Waals surface area contributed by atoms with Gasteiger partial charge in [-0.05, 0) is 43.9 Å². The summed E-state index contributed by atoms with van der Waals surface area (Å²) in [6, 6.07) is 0. The number of hydrogen-bond acceptors (Lipinski definition) is 3. The molecule has 0 spiro atoms. The largest absolute Gasteiger partial charge is 0.388 e. The zero-order valence-corrected chi connectivity index (χ0v) is 11.5. The summed E-state index contributed by atoms with van der Waals surface area (Å²) >= 11 is 0. The van der Waals surface area contributed by atoms with Crippen LogP contribution in [0.4, 0.5) is 0 Å². The van der Waals surface area contributed by atoms with Crippen molar-refractivity contribution in [1.82, 2.24) is 0 Å². The fourth-order valence-corrected chi connectivity index (χ4v) is 2.73. The Hall–Kier alpha value is -0.120. The highest BCUT2D eigenvalue weighted by molar-refractivity contribution is 4.92. The van der Waals surface area contributed by atoms with Gasteiger partial charge in [-0.3, -0.25) is 0 Å². The summed E-state index contributed by atoms with van der Waals surface area (Å²) in [5.41, 5.74) is 5.04. The Kier molecular flexibility index (Phi) is 6.45. The maximum absolute atomic E-state index is 10.3. The highest BCUT2D eigenvalue weighted by Gasteiger charge is 2.39. The first-order chi connectivity index (χ1) is 8.08. The van der Waals surface area contributed by atoms with Gasteiger partial charge in [-0.15, -0.1) is 0 Å². The lowest BCUT2D eigenvalue weighted by molar-refractivity contribution is -0.00459. The Bertz CT molecular complexity index is 208. The lowest BCUT2D eigenvalue weighted by Crippen LogP contribution is -2.41. The third kappa shape index (κ3) is 4.94. The molecule has 1 aliphatic rings. The van der Waals surface area contributed by atoms with E-state index in [1.165, 1.54) is 6.42 Å². The monoisotopic (exact) mass is 243 g/mol. The molecule has 1 saturated carbocycles. The SMILES string of the molecule is CC(C)CCCOCCC1CCCC1(O)CN. The summed E-state index contributed by atoms with van der Waals surface area (Å²) in [5, 5.41) is 10.3. The van der Waals surface area contributed by atoms with Crippen molar-refractivity contribution < 1.29 is 9.84 Å². The van der Waals surface area contributed by atoms with E-state index in [1.54, 1.807) is 0 Å². The van der Waals surface area contributed by atoms with Gasteiger partial charge in [0, 0.05) is 19.8 Å². The van der Waals surface area contributed by atoms with E-state index in [1.807, 2.05) is 0 Å². The van der Waals surface area contributed by atoms with Gasteiger partial charge in [0.2, 0.25) is 0 Å². The van der Waals surface area contributed by atoms with Crippen molar-refractivity contribution in [3.8, 4) is 0 Å². The van der Waals surface area contributed by atoms with E-state index in [-0.39, 0.29) is 0 Å². The van der Waals surface area contributed by atoms with Crippen molar-refractivity contribution >= 4 is 0 Å². The van der Waals surface area contributed by atoms with Gasteiger partial charge in [0.05, 0.1) is 5.60 Å². The molecule has 0 aromatic heterocycles. The number of ether oxygens (including phenoxy) is 1. The molecule has 1 rings (SSSR count). The van der Waals surface area contributed by atoms with Crippen LogP contribution in [0.1, 0.15) is 52.4 Å². The minimum Gasteiger partial charge on any atom is -0.388 e. The molecule has 1 fully saturated rings. The Morgan fingerprint density at radius 1 is 1.41 bits per heavy atom. The Labute approximate surface area is 106 Å². The Morgan fingerprint density at radius 3 is 2.82 bits per heavy atom. The fraction of sp³-hybridized carbons (Fsp3) is 1.00. The van der Waals surface area contributed by atoms with E-state index in [0.717, 1.165) is 51.2 Å². The van der Waals surface area contributed by atoms with E-state index in [9.17, 15) is 5.11 Å². The van der Waals surface area contributed by atoms with Crippen molar-refractivity contribution in [3.63, 3.8) is 0 Å². The molecule has 0 saturated heterocycles. The molecule has 0 aromatic rings. The lowest BCUT2D eigenvalue weighted by atomic mass is 9.88. The molecule has 0 radical (unpaired) electrons. The molecule has 2 atom stereocenters. The summed E-state index contributed by atoms with van der Waals surface area (Å²) in [4.78, 5) is 0. The van der Waals surface area contributed by atoms with Crippen molar-refractivity contribution in [2.45, 2.75) is 58.0 Å². The molecule has 17 heavy (non-hydrogen) atoms. The van der Waals surface area contributed by atoms with E-state index < -0.39 is 5.60 Å². The van der Waals surface area contributed by atoms with E-state index in [0.29, 0.717) is 12.5 Å². The van der Waals surface area contributed by atoms with E-state index >= 15 is 0 Å². The van der Waals surface area contributed by atoms with Crippen molar-refractivity contribution in [2.24, 2.45) is 17.6 Å². The minimum absolute atomic E-state index is 0.345. The molecule has 1 aliphatic carbocycles. The molecule has 0 aliphatic heterocycles. The van der Waals surface area contributed by atoms with Gasteiger partial charge in [0.25, 0.3) is 0 Å². The van der Waals surface area contributed by atoms with Gasteiger partial charge in [-0.1, -0.05) is 20.3 Å². The van der Waals surface area contributed by atoms with Crippen LogP contribution in [0.15, 0.2) is 0 Å². The van der Waals surface area contributed by atoms with Crippen LogP contribution in [0, 0.1) is 11.8 Å². The van der Waals surface area contributed by atoms with Crippen LogP contribution in [0.2, 0.25) is 0 Å². The summed E-state index contributed by atoms with van der Waals surface area (Å²) in [5.74, 6) is 1.10. The van der Waals surface area contributed by atoms with Gasteiger partial charge in [-0.2, -0.15) is 0 Å². The highest BCUT2D eigenvalue weighted by atomic mass is 16.5. The minimum atomic E-state index is -0.610. The molecular weight excluding hydrogens is 214 g/mol. The summed E-state index contributed by atoms with van der Waals surface area (Å²) in [6.07, 6.45) is 6.39. The van der Waals surface area contributed by atoms with Gasteiger partial charge in [0.1, 0.15) is 0 Å². The van der Waals surface area contributed by atoms with Crippen LogP contribution in [0.3, 0.4) is 0 Å². The number of rotatable bonds is 8. The lowest BCUT2D eigenvalue weighted by Gasteiger charge is -2.28. The van der Waals surface area contributed by atoms with Gasteiger partial charge < -0.3 is 15.6 Å². The maximum atomic E-state index is 10.3. The molecule has 3 nitrogen and oxygen atoms in total. The van der Waals surface area contributed by atoms with Gasteiger partial charge in [-0.25, -0.2) is 0 Å². The van der Waals surface area contributed by atoms with Crippen LogP contribution < -0.4 is 5.73 Å². The quantitative estimate of drug-likeness (QED) is 0.643. The average Bonchev–Trinajstić information content (AvgIpc) is 2.66. The maximum Gasteiger partial charge on any atom is 0.0798 e. The third-order valence-electron chi connectivity index (χ3n) is 3.96. The predicted molar refractivity (Wildman–Crippen MR) is 70.9 cm³/mol. The van der Waals surface area contributed by atoms with Crippen LogP contribution in [0.25, 0.3) is 0 Å². The molecule has 0 bridgehead atoms. The molecule has 0 heterocycles. The van der Waals surface area contributed by atoms with E-state index in [2.05, 4.69) is 13.8 Å². The molecular formula is C14H29NO2. The molecule has 3 heteroatoms. The van der Waals surface area contributed by atoms with Crippen LogP contribution in [-0.4, -0.2) is 30.5 Å². The van der Waals surface area contributed by atoms with Gasteiger partial charge in [0.15, 0.2) is 0 Å². The zero-order chi connectivity index (χ0) is 12.7. The molecule has 2 unspecified atom stereocenters. The standard InChI is InChI=1S/C14H29NO2/c1-12(2)5-4-9-17-10-7-13-6-3-8-14(13,16)11-15/h12-13,16H,3-11,15H2,1-2H3. The summed E-state index contributed by atoms with van der Waals surface area (Å²) in [6.45, 7) is 6.49. The van der Waals surface area contributed by atoms with Crippen LogP contribution in [-0.2, 0) is 4.74 Å². The van der Waals surface area contributed by atoms with Gasteiger partial charge >= 0.3 is 0 Å². The fourth-order valence-electron chi connectivity index (χ4n) is 2.73. The second-order valence-electron chi connectivity index (χ2n) is 5.83. The topological polar surface area (TPSA) is 55.5 Å². The number of nitrogens with two attached hydrogens (primary N) is 1. The normalized spacial score (nSPS) is 29.1. The first-order valence-electron chi connectivity index (χ1n) is 7.08. The predicted octanol–water partition coefficient (Wildman–Crippen LogP) is 2.32. The Balaban J connectivity index is 2.06. The first-order valence-corrected chi connectivity index (χ1v) is 7.08. The number of aliphatic hydroxyl groups is 1. The van der Waals surface area contributed by atoms with Crippen molar-refractivity contribution in [1.29, 1.82) is 0 Å². The van der Waals surface area contributed by atoms with Crippen molar-refractivity contribution in [2.75, 3.05) is 19.8 Å². The third-order valence-corrected chi connectivity index (χ3v) is 3.96. The summed E-state index contributed by atoms with van der Waals surface area (Å²) < 4.78 is 5.63. The van der Waals surface area contributed by atoms with Crippen LogP contribution in [0.5, 0.6) is 0 Å². The smallest absolute Gasteiger partial charge is 0.0798 e. The number of hydrogen-bond donors (Lipinski definition) is 2. The molecule has 0 amide bonds. The molecule has 0 aromatic carbocycles. The van der Waals surface area contributed by atoms with E-state index in [4.69, 9.17) is 10.5 Å². The van der Waals surface area contributed by atoms with Crippen molar-refractivity contribution in [3.05, 3.63) is 0 Å². The molecule has 3 N–H and O–H groups in total. The molecule has 102 valence electrons. The Morgan fingerprint density at radius 2 is 2.18 bits per heavy atom. The second kappa shape index (κ2) is 7.34. The second-order valence-corrected chi connectivity index (χ2v) is 5.83.